The Morgan fingerprint density at radius 3 is 2.24 bits per heavy atom. The van der Waals surface area contributed by atoms with Crippen molar-refractivity contribution in [3.63, 3.8) is 0 Å². The second-order valence-electron chi connectivity index (χ2n) is 10.3. The lowest BCUT2D eigenvalue weighted by atomic mass is 9.48. The van der Waals surface area contributed by atoms with E-state index in [9.17, 15) is 9.59 Å². The maximum atomic E-state index is 13.3. The lowest BCUT2D eigenvalue weighted by Crippen LogP contribution is -2.51. The molecular formula is C28H26ClNO3. The Bertz CT molecular complexity index is 1210. The van der Waals surface area contributed by atoms with Gasteiger partial charge in [-0.1, -0.05) is 41.9 Å². The summed E-state index contributed by atoms with van der Waals surface area (Å²) >= 11 is 6.03. The minimum Gasteiger partial charge on any atom is -0.454 e. The normalized spacial score (nSPS) is 27.6. The summed E-state index contributed by atoms with van der Waals surface area (Å²) in [6.45, 7) is -0.141. The summed E-state index contributed by atoms with van der Waals surface area (Å²) in [6.07, 6.45) is 6.78. The molecule has 4 saturated carbocycles. The van der Waals surface area contributed by atoms with Gasteiger partial charge in [-0.25, -0.2) is 9.78 Å². The molecule has 4 fully saturated rings. The lowest BCUT2D eigenvalue weighted by molar-refractivity contribution is -0.147. The van der Waals surface area contributed by atoms with Crippen molar-refractivity contribution in [1.82, 2.24) is 4.98 Å². The van der Waals surface area contributed by atoms with E-state index in [0.29, 0.717) is 39.6 Å². The summed E-state index contributed by atoms with van der Waals surface area (Å²) in [7, 11) is 0. The molecule has 4 aliphatic carbocycles. The lowest BCUT2D eigenvalue weighted by Gasteiger charge is -2.55. The molecule has 168 valence electrons. The number of ether oxygens (including phenoxy) is 1. The zero-order valence-corrected chi connectivity index (χ0v) is 19.2. The summed E-state index contributed by atoms with van der Waals surface area (Å²) in [5.74, 6) is 1.69. The number of para-hydroxylation sites is 1. The topological polar surface area (TPSA) is 56.3 Å². The molecule has 0 aliphatic heterocycles. The molecule has 7 rings (SSSR count). The number of benzene rings is 2. The van der Waals surface area contributed by atoms with E-state index in [1.165, 1.54) is 19.3 Å². The van der Waals surface area contributed by atoms with Crippen LogP contribution in [0.4, 0.5) is 0 Å². The van der Waals surface area contributed by atoms with Gasteiger partial charge in [0.25, 0.3) is 0 Å². The smallest absolute Gasteiger partial charge is 0.339 e. The van der Waals surface area contributed by atoms with Crippen LogP contribution in [0.15, 0.2) is 54.6 Å². The first kappa shape index (κ1) is 20.9. The monoisotopic (exact) mass is 459 g/mol. The minimum absolute atomic E-state index is 0.117. The molecule has 4 bridgehead atoms. The highest BCUT2D eigenvalue weighted by atomic mass is 35.5. The van der Waals surface area contributed by atoms with Gasteiger partial charge in [-0.15, -0.1) is 0 Å². The average Bonchev–Trinajstić information content (AvgIpc) is 2.81. The largest absolute Gasteiger partial charge is 0.454 e. The third-order valence-electron chi connectivity index (χ3n) is 8.04. The van der Waals surface area contributed by atoms with Crippen molar-refractivity contribution >= 4 is 34.3 Å². The van der Waals surface area contributed by atoms with Gasteiger partial charge in [-0.2, -0.15) is 0 Å². The molecule has 0 radical (unpaired) electrons. The Kier molecular flexibility index (Phi) is 5.02. The Balaban J connectivity index is 1.26. The SMILES string of the molecule is O=C(OCC(=O)C12CC3CC(CC(C3)C1)C2)c1cc(-c2ccc(Cl)cc2)nc2ccccc12. The van der Waals surface area contributed by atoms with E-state index in [0.717, 1.165) is 30.2 Å². The van der Waals surface area contributed by atoms with Gasteiger partial charge in [-0.3, -0.25) is 4.79 Å². The maximum absolute atomic E-state index is 13.3. The summed E-state index contributed by atoms with van der Waals surface area (Å²) in [4.78, 5) is 31.2. The summed E-state index contributed by atoms with van der Waals surface area (Å²) < 4.78 is 5.66. The van der Waals surface area contributed by atoms with Crippen LogP contribution in [0.2, 0.25) is 5.02 Å². The molecule has 0 N–H and O–H groups in total. The molecule has 33 heavy (non-hydrogen) atoms. The van der Waals surface area contributed by atoms with Crippen LogP contribution >= 0.6 is 11.6 Å². The van der Waals surface area contributed by atoms with Crippen molar-refractivity contribution in [1.29, 1.82) is 0 Å². The van der Waals surface area contributed by atoms with Crippen LogP contribution in [0.25, 0.3) is 22.2 Å². The molecule has 0 saturated heterocycles. The van der Waals surface area contributed by atoms with Crippen molar-refractivity contribution in [3.8, 4) is 11.3 Å². The van der Waals surface area contributed by atoms with Crippen LogP contribution < -0.4 is 0 Å². The molecule has 4 nitrogen and oxygen atoms in total. The van der Waals surface area contributed by atoms with E-state index in [1.807, 2.05) is 36.4 Å². The second kappa shape index (κ2) is 7.95. The predicted molar refractivity (Wildman–Crippen MR) is 128 cm³/mol. The number of ketones is 1. The van der Waals surface area contributed by atoms with E-state index in [1.54, 1.807) is 18.2 Å². The summed E-state index contributed by atoms with van der Waals surface area (Å²) in [5, 5.41) is 1.37. The summed E-state index contributed by atoms with van der Waals surface area (Å²) in [5.41, 5.74) is 2.42. The zero-order chi connectivity index (χ0) is 22.6. The van der Waals surface area contributed by atoms with Crippen LogP contribution in [-0.2, 0) is 9.53 Å². The predicted octanol–water partition coefficient (Wildman–Crippen LogP) is 6.50. The number of nitrogens with zero attached hydrogens (tertiary/aromatic N) is 1. The zero-order valence-electron chi connectivity index (χ0n) is 18.4. The highest BCUT2D eigenvalue weighted by Crippen LogP contribution is 2.60. The van der Waals surface area contributed by atoms with E-state index >= 15 is 0 Å². The average molecular weight is 460 g/mol. The van der Waals surface area contributed by atoms with Gasteiger partial charge in [0.1, 0.15) is 0 Å². The molecule has 5 heteroatoms. The van der Waals surface area contributed by atoms with Crippen molar-refractivity contribution in [3.05, 3.63) is 65.2 Å². The van der Waals surface area contributed by atoms with Gasteiger partial charge in [0.15, 0.2) is 12.4 Å². The molecule has 4 aliphatic rings. The van der Waals surface area contributed by atoms with Crippen LogP contribution in [0.1, 0.15) is 48.9 Å². The molecule has 1 heterocycles. The minimum atomic E-state index is -0.470. The Hall–Kier alpha value is -2.72. The number of hydrogen-bond acceptors (Lipinski definition) is 4. The fourth-order valence-electron chi connectivity index (χ4n) is 6.93. The van der Waals surface area contributed by atoms with Gasteiger partial charge >= 0.3 is 5.97 Å². The highest BCUT2D eigenvalue weighted by molar-refractivity contribution is 6.30. The molecule has 3 aromatic rings. The Labute approximate surface area is 198 Å². The molecule has 1 aromatic heterocycles. The van der Waals surface area contributed by atoms with Gasteiger partial charge in [0.2, 0.25) is 0 Å². The Morgan fingerprint density at radius 2 is 1.58 bits per heavy atom. The fraction of sp³-hybridized carbons (Fsp3) is 0.393. The molecule has 2 aromatic carbocycles. The Morgan fingerprint density at radius 1 is 0.939 bits per heavy atom. The standard InChI is InChI=1S/C28H26ClNO3/c29-21-7-5-20(6-8-21)25-12-23(22-3-1-2-4-24(22)30-25)27(32)33-16-26(31)28-13-17-9-18(14-28)11-19(10-17)15-28/h1-8,12,17-19H,9-11,13-16H2. The van der Waals surface area contributed by atoms with Crippen LogP contribution in [0.3, 0.4) is 0 Å². The third-order valence-corrected chi connectivity index (χ3v) is 8.29. The van der Waals surface area contributed by atoms with E-state index in [4.69, 9.17) is 21.3 Å². The molecule has 0 atom stereocenters. The molecule has 0 spiro atoms. The van der Waals surface area contributed by atoms with E-state index in [-0.39, 0.29) is 17.8 Å². The quantitative estimate of drug-likeness (QED) is 0.409. The molecule has 0 unspecified atom stereocenters. The van der Waals surface area contributed by atoms with Gasteiger partial charge in [-0.05, 0) is 80.5 Å². The number of pyridine rings is 1. The van der Waals surface area contributed by atoms with Crippen molar-refractivity contribution in [2.45, 2.75) is 38.5 Å². The number of Topliss-reactive ketones (excluding diaryl/α,β-unsaturated/α-hetero) is 1. The first-order valence-corrected chi connectivity index (χ1v) is 12.2. The number of rotatable bonds is 5. The second-order valence-corrected chi connectivity index (χ2v) is 10.7. The van der Waals surface area contributed by atoms with Gasteiger partial charge < -0.3 is 4.74 Å². The van der Waals surface area contributed by atoms with Crippen molar-refractivity contribution in [2.75, 3.05) is 6.61 Å². The maximum Gasteiger partial charge on any atom is 0.339 e. The number of hydrogen-bond donors (Lipinski definition) is 0. The first-order valence-electron chi connectivity index (χ1n) is 11.9. The van der Waals surface area contributed by atoms with Crippen molar-refractivity contribution in [2.24, 2.45) is 23.2 Å². The number of halogens is 1. The highest BCUT2D eigenvalue weighted by Gasteiger charge is 2.54. The molecular weight excluding hydrogens is 434 g/mol. The van der Waals surface area contributed by atoms with Gasteiger partial charge in [0, 0.05) is 21.4 Å². The number of aromatic nitrogens is 1. The third kappa shape index (κ3) is 3.74. The number of carbonyl (C=O) groups is 2. The first-order chi connectivity index (χ1) is 16.0. The van der Waals surface area contributed by atoms with E-state index in [2.05, 4.69) is 0 Å². The van der Waals surface area contributed by atoms with Crippen LogP contribution in [-0.4, -0.2) is 23.3 Å². The number of esters is 1. The van der Waals surface area contributed by atoms with Crippen molar-refractivity contribution < 1.29 is 14.3 Å². The van der Waals surface area contributed by atoms with Crippen LogP contribution in [0, 0.1) is 23.2 Å². The van der Waals surface area contributed by atoms with E-state index < -0.39 is 5.97 Å². The van der Waals surface area contributed by atoms with Crippen LogP contribution in [0.5, 0.6) is 0 Å². The van der Waals surface area contributed by atoms with Gasteiger partial charge in [0.05, 0.1) is 16.8 Å². The molecule has 0 amide bonds. The summed E-state index contributed by atoms with van der Waals surface area (Å²) in [6, 6.07) is 16.6. The number of fused-ring (bicyclic) bond motifs is 1. The fourth-order valence-corrected chi connectivity index (χ4v) is 7.05. The number of carbonyl (C=O) groups excluding carboxylic acids is 2.